The number of nitrogens with zero attached hydrogens (tertiary/aromatic N) is 3. The van der Waals surface area contributed by atoms with E-state index in [-0.39, 0.29) is 0 Å². The van der Waals surface area contributed by atoms with Crippen LogP contribution in [-0.4, -0.2) is 22.9 Å². The Bertz CT molecular complexity index is 379. The summed E-state index contributed by atoms with van der Waals surface area (Å²) in [6.07, 6.45) is 3.84. The number of hydrogen-bond donors (Lipinski definition) is 1. The fourth-order valence-electron chi connectivity index (χ4n) is 2.26. The predicted molar refractivity (Wildman–Crippen MR) is 72.3 cm³/mol. The van der Waals surface area contributed by atoms with Crippen molar-refractivity contribution in [1.82, 2.24) is 9.78 Å². The third-order valence-electron chi connectivity index (χ3n) is 3.44. The second-order valence-corrected chi connectivity index (χ2v) is 5.03. The second kappa shape index (κ2) is 4.98. The Labute approximate surface area is 104 Å². The lowest BCUT2D eigenvalue weighted by atomic mass is 10.3. The Morgan fingerprint density at radius 1 is 1.41 bits per heavy atom. The topological polar surface area (TPSA) is 47.1 Å². The van der Waals surface area contributed by atoms with Gasteiger partial charge < -0.3 is 10.6 Å². The van der Waals surface area contributed by atoms with Crippen LogP contribution in [0.1, 0.15) is 38.8 Å². The maximum atomic E-state index is 6.18. The van der Waals surface area contributed by atoms with Crippen LogP contribution < -0.4 is 10.6 Å². The smallest absolute Gasteiger partial charge is 0.150 e. The Morgan fingerprint density at radius 3 is 2.65 bits per heavy atom. The molecule has 0 radical (unpaired) electrons. The monoisotopic (exact) mass is 236 g/mol. The first kappa shape index (κ1) is 12.3. The Kier molecular flexibility index (Phi) is 3.60. The number of nitrogen functional groups attached to an aromatic ring is 1. The molecule has 4 nitrogen and oxygen atoms in total. The quantitative estimate of drug-likeness (QED) is 0.825. The summed E-state index contributed by atoms with van der Waals surface area (Å²) in [5, 5.41) is 4.55. The zero-order chi connectivity index (χ0) is 12.4. The lowest BCUT2D eigenvalue weighted by Crippen LogP contribution is -2.28. The van der Waals surface area contributed by atoms with Gasteiger partial charge in [-0.05, 0) is 39.0 Å². The van der Waals surface area contributed by atoms with Crippen molar-refractivity contribution < 1.29 is 0 Å². The van der Waals surface area contributed by atoms with Gasteiger partial charge in [-0.15, -0.1) is 0 Å². The molecule has 1 fully saturated rings. The molecule has 1 aromatic rings. The van der Waals surface area contributed by atoms with Crippen LogP contribution in [0.2, 0.25) is 0 Å². The van der Waals surface area contributed by atoms with Crippen molar-refractivity contribution in [2.75, 3.05) is 23.7 Å². The third-order valence-corrected chi connectivity index (χ3v) is 3.44. The lowest BCUT2D eigenvalue weighted by molar-refractivity contribution is 0.581. The fourth-order valence-corrected chi connectivity index (χ4v) is 2.26. The van der Waals surface area contributed by atoms with E-state index in [0.717, 1.165) is 49.2 Å². The van der Waals surface area contributed by atoms with Crippen LogP contribution in [0, 0.1) is 12.8 Å². The molecule has 2 rings (SSSR count). The molecule has 1 aliphatic rings. The molecule has 17 heavy (non-hydrogen) atoms. The Morgan fingerprint density at radius 2 is 2.12 bits per heavy atom. The molecule has 0 spiro atoms. The molecule has 1 heterocycles. The van der Waals surface area contributed by atoms with Crippen molar-refractivity contribution in [2.24, 2.45) is 5.92 Å². The molecule has 0 atom stereocenters. The van der Waals surface area contributed by atoms with Crippen molar-refractivity contribution in [2.45, 2.75) is 46.6 Å². The van der Waals surface area contributed by atoms with Gasteiger partial charge >= 0.3 is 0 Å². The van der Waals surface area contributed by atoms with E-state index in [2.05, 4.69) is 28.5 Å². The van der Waals surface area contributed by atoms with Gasteiger partial charge in [-0.25, -0.2) is 4.68 Å². The zero-order valence-corrected chi connectivity index (χ0v) is 11.2. The van der Waals surface area contributed by atoms with E-state index in [1.165, 1.54) is 12.8 Å². The van der Waals surface area contributed by atoms with E-state index in [4.69, 9.17) is 5.73 Å². The summed E-state index contributed by atoms with van der Waals surface area (Å²) in [5.41, 5.74) is 8.00. The molecule has 0 unspecified atom stereocenters. The first-order valence-corrected chi connectivity index (χ1v) is 6.75. The molecule has 0 amide bonds. The average Bonchev–Trinajstić information content (AvgIpc) is 3.07. The molecule has 1 saturated carbocycles. The van der Waals surface area contributed by atoms with E-state index < -0.39 is 0 Å². The van der Waals surface area contributed by atoms with Gasteiger partial charge in [0.25, 0.3) is 0 Å². The summed E-state index contributed by atoms with van der Waals surface area (Å²) in [5.74, 6) is 2.01. The first-order valence-electron chi connectivity index (χ1n) is 6.75. The summed E-state index contributed by atoms with van der Waals surface area (Å²) in [7, 11) is 0. The van der Waals surface area contributed by atoms with E-state index in [1.807, 2.05) is 6.92 Å². The standard InChI is InChI=1S/C13H24N4/c1-4-8-17-13(12(14)10(3)15-17)16(5-2)9-11-6-7-11/h11H,4-9,14H2,1-3H3. The number of aryl methyl sites for hydroxylation is 2. The molecule has 1 aliphatic carbocycles. The molecule has 1 aromatic heterocycles. The van der Waals surface area contributed by atoms with Crippen molar-refractivity contribution in [3.05, 3.63) is 5.69 Å². The lowest BCUT2D eigenvalue weighted by Gasteiger charge is -2.24. The first-order chi connectivity index (χ1) is 8.17. The zero-order valence-electron chi connectivity index (χ0n) is 11.2. The minimum absolute atomic E-state index is 0.862. The van der Waals surface area contributed by atoms with Gasteiger partial charge in [0.15, 0.2) is 5.82 Å². The van der Waals surface area contributed by atoms with Crippen LogP contribution in [0.5, 0.6) is 0 Å². The van der Waals surface area contributed by atoms with Crippen LogP contribution in [0.3, 0.4) is 0 Å². The molecule has 96 valence electrons. The number of anilines is 2. The van der Waals surface area contributed by atoms with E-state index >= 15 is 0 Å². The Balaban J connectivity index is 2.25. The Hall–Kier alpha value is -1.19. The minimum atomic E-state index is 0.862. The van der Waals surface area contributed by atoms with Crippen LogP contribution in [0.25, 0.3) is 0 Å². The van der Waals surface area contributed by atoms with Gasteiger partial charge in [0.1, 0.15) is 0 Å². The van der Waals surface area contributed by atoms with Gasteiger partial charge in [-0.1, -0.05) is 6.92 Å². The van der Waals surface area contributed by atoms with Gasteiger partial charge in [0.05, 0.1) is 11.4 Å². The number of nitrogens with two attached hydrogens (primary N) is 1. The maximum Gasteiger partial charge on any atom is 0.150 e. The fraction of sp³-hybridized carbons (Fsp3) is 0.769. The van der Waals surface area contributed by atoms with E-state index in [1.54, 1.807) is 0 Å². The number of rotatable bonds is 6. The molecular formula is C13H24N4. The largest absolute Gasteiger partial charge is 0.394 e. The highest BCUT2D eigenvalue weighted by atomic mass is 15.4. The van der Waals surface area contributed by atoms with Crippen molar-refractivity contribution in [3.63, 3.8) is 0 Å². The second-order valence-electron chi connectivity index (χ2n) is 5.03. The summed E-state index contributed by atoms with van der Waals surface area (Å²) in [6, 6.07) is 0. The SMILES string of the molecule is CCCn1nc(C)c(N)c1N(CC)CC1CC1. The van der Waals surface area contributed by atoms with Gasteiger partial charge in [0, 0.05) is 19.6 Å². The molecular weight excluding hydrogens is 212 g/mol. The molecule has 2 N–H and O–H groups in total. The average molecular weight is 236 g/mol. The van der Waals surface area contributed by atoms with Crippen molar-refractivity contribution in [1.29, 1.82) is 0 Å². The summed E-state index contributed by atoms with van der Waals surface area (Å²) < 4.78 is 2.08. The van der Waals surface area contributed by atoms with Crippen LogP contribution in [0.4, 0.5) is 11.5 Å². The summed E-state index contributed by atoms with van der Waals surface area (Å²) >= 11 is 0. The van der Waals surface area contributed by atoms with Crippen LogP contribution in [0.15, 0.2) is 0 Å². The molecule has 4 heteroatoms. The van der Waals surface area contributed by atoms with E-state index in [9.17, 15) is 0 Å². The predicted octanol–water partition coefficient (Wildman–Crippen LogP) is 2.42. The number of aromatic nitrogens is 2. The van der Waals surface area contributed by atoms with Crippen molar-refractivity contribution in [3.8, 4) is 0 Å². The van der Waals surface area contributed by atoms with Gasteiger partial charge in [-0.2, -0.15) is 5.10 Å². The normalized spacial score (nSPS) is 15.2. The molecule has 0 aromatic carbocycles. The third kappa shape index (κ3) is 2.56. The van der Waals surface area contributed by atoms with Gasteiger partial charge in [0.2, 0.25) is 0 Å². The maximum absolute atomic E-state index is 6.18. The summed E-state index contributed by atoms with van der Waals surface area (Å²) in [4.78, 5) is 2.39. The van der Waals surface area contributed by atoms with Crippen molar-refractivity contribution >= 4 is 11.5 Å². The molecule has 0 bridgehead atoms. The van der Waals surface area contributed by atoms with Crippen LogP contribution >= 0.6 is 0 Å². The van der Waals surface area contributed by atoms with Gasteiger partial charge in [-0.3, -0.25) is 0 Å². The van der Waals surface area contributed by atoms with E-state index in [0.29, 0.717) is 0 Å². The number of hydrogen-bond acceptors (Lipinski definition) is 3. The van der Waals surface area contributed by atoms with Crippen LogP contribution in [-0.2, 0) is 6.54 Å². The molecule has 0 saturated heterocycles. The summed E-state index contributed by atoms with van der Waals surface area (Å²) in [6.45, 7) is 9.46. The highest BCUT2D eigenvalue weighted by molar-refractivity contribution is 5.66. The minimum Gasteiger partial charge on any atom is -0.394 e. The highest BCUT2D eigenvalue weighted by Crippen LogP contribution is 2.34. The molecule has 0 aliphatic heterocycles. The highest BCUT2D eigenvalue weighted by Gasteiger charge is 2.26.